The third kappa shape index (κ3) is 5.78. The van der Waals surface area contributed by atoms with Crippen LogP contribution >= 0.6 is 0 Å². The maximum atomic E-state index is 11.8. The molecule has 8 heteroatoms. The van der Waals surface area contributed by atoms with Crippen LogP contribution in [0.2, 0.25) is 0 Å². The van der Waals surface area contributed by atoms with Crippen LogP contribution in [0.15, 0.2) is 0 Å². The third-order valence-corrected chi connectivity index (χ3v) is 4.03. The van der Waals surface area contributed by atoms with Crippen LogP contribution in [0.1, 0.15) is 65.2 Å². The number of aromatic nitrogens is 4. The molecule has 1 aliphatic carbocycles. The first-order chi connectivity index (χ1) is 10.8. The highest BCUT2D eigenvalue weighted by molar-refractivity contribution is 5.67. The number of alkyl carbamates (subject to hydrolysis) is 1. The molecule has 0 radical (unpaired) electrons. The molecule has 1 saturated carbocycles. The maximum Gasteiger partial charge on any atom is 0.407 e. The number of H-pyrrole nitrogens is 1. The van der Waals surface area contributed by atoms with Crippen LogP contribution in [0.5, 0.6) is 0 Å². The summed E-state index contributed by atoms with van der Waals surface area (Å²) < 4.78 is 5.30. The number of aromatic amines is 1. The van der Waals surface area contributed by atoms with Crippen molar-refractivity contribution in [3.8, 4) is 0 Å². The summed E-state index contributed by atoms with van der Waals surface area (Å²) >= 11 is 0. The zero-order chi connectivity index (χ0) is 16.9. The second kappa shape index (κ2) is 7.72. The van der Waals surface area contributed by atoms with Gasteiger partial charge in [0, 0.05) is 12.6 Å². The van der Waals surface area contributed by atoms with Crippen molar-refractivity contribution in [2.24, 2.45) is 5.92 Å². The molecule has 1 aromatic heterocycles. The van der Waals surface area contributed by atoms with E-state index >= 15 is 0 Å². The van der Waals surface area contributed by atoms with E-state index in [0.29, 0.717) is 24.3 Å². The molecule has 2 rings (SSSR count). The van der Waals surface area contributed by atoms with E-state index in [1.54, 1.807) is 0 Å². The lowest BCUT2D eigenvalue weighted by Crippen LogP contribution is -2.45. The van der Waals surface area contributed by atoms with E-state index in [4.69, 9.17) is 4.74 Å². The Kier molecular flexibility index (Phi) is 5.92. The lowest BCUT2D eigenvalue weighted by atomic mass is 9.84. The van der Waals surface area contributed by atoms with Crippen molar-refractivity contribution >= 4 is 6.09 Å². The van der Waals surface area contributed by atoms with Gasteiger partial charge in [0.15, 0.2) is 5.82 Å². The number of rotatable bonds is 5. The van der Waals surface area contributed by atoms with Crippen LogP contribution in [-0.4, -0.2) is 44.9 Å². The van der Waals surface area contributed by atoms with Gasteiger partial charge in [0.2, 0.25) is 0 Å². The maximum absolute atomic E-state index is 11.8. The van der Waals surface area contributed by atoms with E-state index in [1.165, 1.54) is 12.8 Å². The third-order valence-electron chi connectivity index (χ3n) is 4.03. The van der Waals surface area contributed by atoms with Crippen LogP contribution in [0.25, 0.3) is 0 Å². The van der Waals surface area contributed by atoms with Crippen molar-refractivity contribution in [1.82, 2.24) is 31.3 Å². The minimum Gasteiger partial charge on any atom is -0.444 e. The quantitative estimate of drug-likeness (QED) is 0.764. The van der Waals surface area contributed by atoms with Gasteiger partial charge in [-0.2, -0.15) is 5.21 Å². The molecule has 1 aromatic rings. The Morgan fingerprint density at radius 3 is 2.78 bits per heavy atom. The second-order valence-corrected chi connectivity index (χ2v) is 7.19. The van der Waals surface area contributed by atoms with E-state index < -0.39 is 5.60 Å². The smallest absolute Gasteiger partial charge is 0.407 e. The number of carbonyl (C=O) groups is 1. The number of tetrazole rings is 1. The van der Waals surface area contributed by atoms with Gasteiger partial charge in [0.05, 0.1) is 6.04 Å². The minimum atomic E-state index is -0.471. The van der Waals surface area contributed by atoms with Crippen molar-refractivity contribution in [3.63, 3.8) is 0 Å². The summed E-state index contributed by atoms with van der Waals surface area (Å²) in [5.74, 6) is 1.04. The Balaban J connectivity index is 1.84. The summed E-state index contributed by atoms with van der Waals surface area (Å²) in [4.78, 5) is 11.8. The van der Waals surface area contributed by atoms with Crippen molar-refractivity contribution < 1.29 is 9.53 Å². The van der Waals surface area contributed by atoms with E-state index in [1.807, 2.05) is 27.7 Å². The molecule has 3 unspecified atom stereocenters. The molecule has 8 nitrogen and oxygen atoms in total. The van der Waals surface area contributed by atoms with Crippen molar-refractivity contribution in [2.45, 2.75) is 71.1 Å². The molecular weight excluding hydrogens is 296 g/mol. The Labute approximate surface area is 137 Å². The monoisotopic (exact) mass is 324 g/mol. The van der Waals surface area contributed by atoms with Gasteiger partial charge in [-0.15, -0.1) is 10.2 Å². The van der Waals surface area contributed by atoms with Crippen LogP contribution in [0.3, 0.4) is 0 Å². The largest absolute Gasteiger partial charge is 0.444 e. The van der Waals surface area contributed by atoms with E-state index in [-0.39, 0.29) is 12.1 Å². The standard InChI is InChI=1S/C15H28N6O2/c1-10(13-18-20-21-19-13)17-12-8-6-5-7-11(12)9-16-14(22)23-15(2,3)4/h10-12,17H,5-9H2,1-4H3,(H,16,22)(H,18,19,20,21). The number of nitrogens with one attached hydrogen (secondary N) is 3. The number of nitrogens with zero attached hydrogens (tertiary/aromatic N) is 3. The number of amides is 1. The van der Waals surface area contributed by atoms with Gasteiger partial charge in [-0.3, -0.25) is 0 Å². The highest BCUT2D eigenvalue weighted by Gasteiger charge is 2.28. The summed E-state index contributed by atoms with van der Waals surface area (Å²) in [6, 6.07) is 0.355. The molecule has 23 heavy (non-hydrogen) atoms. The van der Waals surface area contributed by atoms with Crippen LogP contribution in [-0.2, 0) is 4.74 Å². The number of carbonyl (C=O) groups excluding carboxylic acids is 1. The first-order valence-electron chi connectivity index (χ1n) is 8.31. The van der Waals surface area contributed by atoms with E-state index in [9.17, 15) is 4.79 Å². The molecular formula is C15H28N6O2. The van der Waals surface area contributed by atoms with E-state index in [0.717, 1.165) is 12.8 Å². The van der Waals surface area contributed by atoms with Gasteiger partial charge in [0.25, 0.3) is 0 Å². The van der Waals surface area contributed by atoms with Gasteiger partial charge in [-0.05, 0) is 46.5 Å². The summed E-state index contributed by atoms with van der Waals surface area (Å²) in [6.45, 7) is 8.24. The Bertz CT molecular complexity index is 485. The summed E-state index contributed by atoms with van der Waals surface area (Å²) in [5, 5.41) is 20.6. The van der Waals surface area contributed by atoms with Gasteiger partial charge in [-0.1, -0.05) is 18.1 Å². The molecule has 3 N–H and O–H groups in total. The number of ether oxygens (including phenoxy) is 1. The predicted molar refractivity (Wildman–Crippen MR) is 85.7 cm³/mol. The zero-order valence-electron chi connectivity index (χ0n) is 14.4. The van der Waals surface area contributed by atoms with Crippen molar-refractivity contribution in [1.29, 1.82) is 0 Å². The van der Waals surface area contributed by atoms with Crippen LogP contribution < -0.4 is 10.6 Å². The molecule has 0 spiro atoms. The fraction of sp³-hybridized carbons (Fsp3) is 0.867. The minimum absolute atomic E-state index is 0.0286. The van der Waals surface area contributed by atoms with Crippen molar-refractivity contribution in [2.75, 3.05) is 6.54 Å². The first-order valence-corrected chi connectivity index (χ1v) is 8.31. The molecule has 1 heterocycles. The Morgan fingerprint density at radius 1 is 1.39 bits per heavy atom. The molecule has 130 valence electrons. The van der Waals surface area contributed by atoms with Gasteiger partial charge in [-0.25, -0.2) is 4.79 Å². The predicted octanol–water partition coefficient (Wildman–Crippen LogP) is 1.93. The fourth-order valence-corrected chi connectivity index (χ4v) is 2.95. The summed E-state index contributed by atoms with van der Waals surface area (Å²) in [7, 11) is 0. The van der Waals surface area contributed by atoms with Crippen LogP contribution in [0, 0.1) is 5.92 Å². The fourth-order valence-electron chi connectivity index (χ4n) is 2.95. The molecule has 1 amide bonds. The molecule has 0 aliphatic heterocycles. The Hall–Kier alpha value is -1.70. The van der Waals surface area contributed by atoms with Gasteiger partial charge < -0.3 is 15.4 Å². The molecule has 1 aliphatic rings. The molecule has 3 atom stereocenters. The van der Waals surface area contributed by atoms with Crippen molar-refractivity contribution in [3.05, 3.63) is 5.82 Å². The normalized spacial score (nSPS) is 23.3. The zero-order valence-corrected chi connectivity index (χ0v) is 14.4. The molecule has 0 saturated heterocycles. The summed E-state index contributed by atoms with van der Waals surface area (Å²) in [5.41, 5.74) is -0.471. The molecule has 1 fully saturated rings. The Morgan fingerprint density at radius 2 is 2.13 bits per heavy atom. The first kappa shape index (κ1) is 17.7. The SMILES string of the molecule is CC(NC1CCCCC1CNC(=O)OC(C)(C)C)c1nn[nH]n1. The van der Waals surface area contributed by atoms with E-state index in [2.05, 4.69) is 31.3 Å². The van der Waals surface area contributed by atoms with Crippen LogP contribution in [0.4, 0.5) is 4.79 Å². The number of hydrogen-bond acceptors (Lipinski definition) is 6. The lowest BCUT2D eigenvalue weighted by Gasteiger charge is -2.34. The second-order valence-electron chi connectivity index (χ2n) is 7.19. The molecule has 0 aromatic carbocycles. The average molecular weight is 324 g/mol. The number of hydrogen-bond donors (Lipinski definition) is 3. The lowest BCUT2D eigenvalue weighted by molar-refractivity contribution is 0.0510. The summed E-state index contributed by atoms with van der Waals surface area (Å²) in [6.07, 6.45) is 4.21. The molecule has 0 bridgehead atoms. The highest BCUT2D eigenvalue weighted by Crippen LogP contribution is 2.26. The topological polar surface area (TPSA) is 105 Å². The average Bonchev–Trinajstić information content (AvgIpc) is 2.99. The van der Waals surface area contributed by atoms with Gasteiger partial charge >= 0.3 is 6.09 Å². The van der Waals surface area contributed by atoms with Gasteiger partial charge in [0.1, 0.15) is 5.60 Å². The highest BCUT2D eigenvalue weighted by atomic mass is 16.6.